The first-order valence-corrected chi connectivity index (χ1v) is 9.11. The van der Waals surface area contributed by atoms with Crippen LogP contribution in [0.4, 0.5) is 0 Å². The summed E-state index contributed by atoms with van der Waals surface area (Å²) >= 11 is 0. The summed E-state index contributed by atoms with van der Waals surface area (Å²) in [4.78, 5) is 28.4. The van der Waals surface area contributed by atoms with Crippen LogP contribution in [0, 0.1) is 0 Å². The van der Waals surface area contributed by atoms with Crippen molar-refractivity contribution in [3.05, 3.63) is 17.5 Å². The van der Waals surface area contributed by atoms with Crippen LogP contribution in [0.5, 0.6) is 0 Å². The molecule has 24 heavy (non-hydrogen) atoms. The van der Waals surface area contributed by atoms with Crippen LogP contribution < -0.4 is 0 Å². The van der Waals surface area contributed by atoms with E-state index in [9.17, 15) is 9.59 Å². The largest absolute Gasteiger partial charge is 0.351 e. The summed E-state index contributed by atoms with van der Waals surface area (Å²) < 4.78 is 5.28. The predicted octanol–water partition coefficient (Wildman–Crippen LogP) is 2.81. The monoisotopic (exact) mass is 333 g/mol. The molecular weight excluding hydrogens is 306 g/mol. The molecule has 0 saturated carbocycles. The van der Waals surface area contributed by atoms with E-state index in [1.807, 2.05) is 23.6 Å². The van der Waals surface area contributed by atoms with E-state index in [4.69, 9.17) is 4.52 Å². The Hall–Kier alpha value is -1.85. The van der Waals surface area contributed by atoms with E-state index in [0.717, 1.165) is 57.4 Å². The summed E-state index contributed by atoms with van der Waals surface area (Å²) in [6.45, 7) is 6.43. The second-order valence-corrected chi connectivity index (χ2v) is 7.19. The highest BCUT2D eigenvalue weighted by atomic mass is 16.5. The van der Waals surface area contributed by atoms with Gasteiger partial charge in [0.1, 0.15) is 0 Å². The Labute approximate surface area is 143 Å². The zero-order valence-corrected chi connectivity index (χ0v) is 14.7. The van der Waals surface area contributed by atoms with Crippen LogP contribution in [-0.2, 0) is 4.79 Å². The molecule has 2 aliphatic rings. The van der Waals surface area contributed by atoms with Gasteiger partial charge in [-0.25, -0.2) is 0 Å². The van der Waals surface area contributed by atoms with Crippen molar-refractivity contribution in [1.82, 2.24) is 15.0 Å². The average molecular weight is 333 g/mol. The van der Waals surface area contributed by atoms with Crippen molar-refractivity contribution < 1.29 is 14.1 Å². The normalized spacial score (nSPS) is 21.8. The predicted molar refractivity (Wildman–Crippen MR) is 89.7 cm³/mol. The Balaban J connectivity index is 1.64. The van der Waals surface area contributed by atoms with Crippen molar-refractivity contribution in [3.63, 3.8) is 0 Å². The molecular formula is C18H27N3O3. The molecule has 3 heterocycles. The van der Waals surface area contributed by atoms with E-state index >= 15 is 0 Å². The second-order valence-electron chi connectivity index (χ2n) is 7.19. The molecule has 0 aliphatic carbocycles. The van der Waals surface area contributed by atoms with Gasteiger partial charge in [-0.05, 0) is 38.0 Å². The minimum atomic E-state index is -0.0631. The molecule has 0 spiro atoms. The van der Waals surface area contributed by atoms with Gasteiger partial charge in [-0.2, -0.15) is 0 Å². The summed E-state index contributed by atoms with van der Waals surface area (Å²) in [7, 11) is 0. The van der Waals surface area contributed by atoms with Crippen molar-refractivity contribution in [2.24, 2.45) is 0 Å². The van der Waals surface area contributed by atoms with Crippen LogP contribution >= 0.6 is 0 Å². The molecule has 6 heteroatoms. The first-order chi connectivity index (χ1) is 11.6. The van der Waals surface area contributed by atoms with Crippen LogP contribution in [-0.4, -0.2) is 52.4 Å². The molecule has 0 N–H and O–H groups in total. The maximum absolute atomic E-state index is 12.8. The number of carbonyl (C=O) groups excluding carboxylic acids is 2. The van der Waals surface area contributed by atoms with Crippen LogP contribution in [0.3, 0.4) is 0 Å². The zero-order chi connectivity index (χ0) is 17.1. The number of hydrogen-bond donors (Lipinski definition) is 0. The number of piperidine rings is 1. The van der Waals surface area contributed by atoms with E-state index in [0.29, 0.717) is 12.2 Å². The Morgan fingerprint density at radius 3 is 2.83 bits per heavy atom. The molecule has 2 aliphatic heterocycles. The fourth-order valence-electron chi connectivity index (χ4n) is 3.62. The smallest absolute Gasteiger partial charge is 0.292 e. The number of likely N-dealkylation sites (tertiary alicyclic amines) is 2. The van der Waals surface area contributed by atoms with E-state index in [-0.39, 0.29) is 23.8 Å². The minimum Gasteiger partial charge on any atom is -0.351 e. The third kappa shape index (κ3) is 3.62. The summed E-state index contributed by atoms with van der Waals surface area (Å²) in [5.74, 6) is 0.767. The standard InChI is InChI=1S/C18H27N3O3/c1-13(2)15-12-16(24-19-15)18(23)21-10-4-3-6-14(21)8-11-20-9-5-7-17(20)22/h12-14H,3-11H2,1-2H3/t14-/m0/s1. The van der Waals surface area contributed by atoms with Crippen molar-refractivity contribution in [3.8, 4) is 0 Å². The quantitative estimate of drug-likeness (QED) is 0.831. The van der Waals surface area contributed by atoms with Gasteiger partial charge in [-0.15, -0.1) is 0 Å². The Morgan fingerprint density at radius 1 is 1.33 bits per heavy atom. The maximum Gasteiger partial charge on any atom is 0.292 e. The van der Waals surface area contributed by atoms with Crippen LogP contribution in [0.15, 0.2) is 10.6 Å². The Morgan fingerprint density at radius 2 is 2.17 bits per heavy atom. The van der Waals surface area contributed by atoms with Crippen molar-refractivity contribution >= 4 is 11.8 Å². The molecule has 3 rings (SSSR count). The topological polar surface area (TPSA) is 66.7 Å². The van der Waals surface area contributed by atoms with Crippen LogP contribution in [0.1, 0.15) is 74.5 Å². The van der Waals surface area contributed by atoms with Gasteiger partial charge in [0, 0.05) is 38.2 Å². The molecule has 132 valence electrons. The molecule has 2 fully saturated rings. The molecule has 0 aromatic carbocycles. The fourth-order valence-corrected chi connectivity index (χ4v) is 3.62. The molecule has 0 radical (unpaired) electrons. The summed E-state index contributed by atoms with van der Waals surface area (Å²) in [6, 6.07) is 1.95. The van der Waals surface area contributed by atoms with Crippen molar-refractivity contribution in [2.75, 3.05) is 19.6 Å². The molecule has 2 amide bonds. The first kappa shape index (κ1) is 17.0. The lowest BCUT2D eigenvalue weighted by molar-refractivity contribution is -0.127. The number of aromatic nitrogens is 1. The van der Waals surface area contributed by atoms with Gasteiger partial charge in [-0.3, -0.25) is 9.59 Å². The summed E-state index contributed by atoms with van der Waals surface area (Å²) in [5, 5.41) is 4.00. The van der Waals surface area contributed by atoms with E-state index in [1.54, 1.807) is 6.07 Å². The lowest BCUT2D eigenvalue weighted by atomic mass is 9.98. The van der Waals surface area contributed by atoms with Gasteiger partial charge >= 0.3 is 0 Å². The number of carbonyl (C=O) groups is 2. The lowest BCUT2D eigenvalue weighted by Crippen LogP contribution is -2.45. The van der Waals surface area contributed by atoms with Gasteiger partial charge in [0.2, 0.25) is 11.7 Å². The molecule has 1 aromatic heterocycles. The Kier molecular flexibility index (Phi) is 5.21. The molecule has 0 bridgehead atoms. The summed E-state index contributed by atoms with van der Waals surface area (Å²) in [6.07, 6.45) is 5.64. The average Bonchev–Trinajstić information content (AvgIpc) is 3.22. The first-order valence-electron chi connectivity index (χ1n) is 9.11. The minimum absolute atomic E-state index is 0.0631. The molecule has 0 unspecified atom stereocenters. The number of amides is 2. The van der Waals surface area contributed by atoms with Gasteiger partial charge < -0.3 is 14.3 Å². The number of nitrogens with zero attached hydrogens (tertiary/aromatic N) is 3. The number of rotatable bonds is 5. The van der Waals surface area contributed by atoms with Crippen molar-refractivity contribution in [2.45, 2.75) is 64.3 Å². The molecule has 1 aromatic rings. The summed E-state index contributed by atoms with van der Waals surface area (Å²) in [5.41, 5.74) is 0.814. The highest BCUT2D eigenvalue weighted by Crippen LogP contribution is 2.24. The maximum atomic E-state index is 12.8. The molecule has 2 saturated heterocycles. The van der Waals surface area contributed by atoms with Gasteiger partial charge in [0.05, 0.1) is 5.69 Å². The SMILES string of the molecule is CC(C)c1cc(C(=O)N2CCCC[C@H]2CCN2CCCC2=O)on1. The highest BCUT2D eigenvalue weighted by molar-refractivity contribution is 5.91. The van der Waals surface area contributed by atoms with E-state index in [1.165, 1.54) is 0 Å². The van der Waals surface area contributed by atoms with E-state index < -0.39 is 0 Å². The van der Waals surface area contributed by atoms with Crippen LogP contribution in [0.25, 0.3) is 0 Å². The molecule has 1 atom stereocenters. The lowest BCUT2D eigenvalue weighted by Gasteiger charge is -2.36. The third-order valence-corrected chi connectivity index (χ3v) is 5.12. The zero-order valence-electron chi connectivity index (χ0n) is 14.7. The highest BCUT2D eigenvalue weighted by Gasteiger charge is 2.31. The fraction of sp³-hybridized carbons (Fsp3) is 0.722. The van der Waals surface area contributed by atoms with Crippen molar-refractivity contribution in [1.29, 1.82) is 0 Å². The van der Waals surface area contributed by atoms with Gasteiger partial charge in [0.15, 0.2) is 0 Å². The van der Waals surface area contributed by atoms with Gasteiger partial charge in [-0.1, -0.05) is 19.0 Å². The van der Waals surface area contributed by atoms with E-state index in [2.05, 4.69) is 5.16 Å². The number of hydrogen-bond acceptors (Lipinski definition) is 4. The second kappa shape index (κ2) is 7.36. The molecule has 6 nitrogen and oxygen atoms in total. The third-order valence-electron chi connectivity index (χ3n) is 5.12. The Bertz CT molecular complexity index is 596. The van der Waals surface area contributed by atoms with Gasteiger partial charge in [0.25, 0.3) is 5.91 Å². The van der Waals surface area contributed by atoms with Crippen LogP contribution in [0.2, 0.25) is 0 Å².